The summed E-state index contributed by atoms with van der Waals surface area (Å²) in [6.07, 6.45) is 2.62. The maximum atomic E-state index is 11.6. The molecule has 3 rings (SSSR count). The summed E-state index contributed by atoms with van der Waals surface area (Å²) in [6, 6.07) is 10.2. The van der Waals surface area contributed by atoms with E-state index in [0.717, 1.165) is 11.8 Å². The topological polar surface area (TPSA) is 84.3 Å². The van der Waals surface area contributed by atoms with Gasteiger partial charge in [-0.3, -0.25) is 4.52 Å². The molecule has 0 spiro atoms. The van der Waals surface area contributed by atoms with Gasteiger partial charge in [0.05, 0.1) is 22.3 Å². The standard InChI is InChI=1S/C13H11N3O3S/c1-20(18,19)11-4-2-3-9(7-11)12-6-5-10-8-14-13(17)15-16(10)12/h2-8H,1H3,(H,15,17). The number of hydrogen-bond donors (Lipinski definition) is 1. The Morgan fingerprint density at radius 1 is 1.20 bits per heavy atom. The summed E-state index contributed by atoms with van der Waals surface area (Å²) in [5, 5.41) is 2.60. The van der Waals surface area contributed by atoms with E-state index in [-0.39, 0.29) is 4.90 Å². The Labute approximate surface area is 114 Å². The van der Waals surface area contributed by atoms with Crippen molar-refractivity contribution in [1.29, 1.82) is 0 Å². The molecular weight excluding hydrogens is 278 g/mol. The molecule has 2 heterocycles. The molecule has 0 aliphatic heterocycles. The summed E-state index contributed by atoms with van der Waals surface area (Å²) in [5.74, 6) is 0. The molecular formula is C13H11N3O3S. The van der Waals surface area contributed by atoms with Gasteiger partial charge < -0.3 is 0 Å². The minimum atomic E-state index is -3.27. The van der Waals surface area contributed by atoms with Crippen LogP contribution in [0.15, 0.2) is 52.3 Å². The minimum absolute atomic E-state index is 0.237. The van der Waals surface area contributed by atoms with Crippen molar-refractivity contribution in [3.8, 4) is 11.3 Å². The first-order chi connectivity index (χ1) is 9.45. The molecule has 0 aliphatic rings. The Morgan fingerprint density at radius 2 is 2.00 bits per heavy atom. The van der Waals surface area contributed by atoms with Crippen molar-refractivity contribution >= 4 is 15.4 Å². The van der Waals surface area contributed by atoms with E-state index in [4.69, 9.17) is 0 Å². The Bertz CT molecular complexity index is 954. The van der Waals surface area contributed by atoms with Gasteiger partial charge >= 0.3 is 5.69 Å². The van der Waals surface area contributed by atoms with E-state index in [1.165, 1.54) is 6.20 Å². The molecule has 0 unspecified atom stereocenters. The highest BCUT2D eigenvalue weighted by Gasteiger charge is 2.10. The van der Waals surface area contributed by atoms with Gasteiger partial charge in [0, 0.05) is 11.8 Å². The zero-order valence-electron chi connectivity index (χ0n) is 10.6. The number of sulfone groups is 1. The molecule has 3 aromatic rings. The normalized spacial score (nSPS) is 11.8. The molecule has 7 heteroatoms. The number of nitrogens with one attached hydrogen (secondary N) is 1. The van der Waals surface area contributed by atoms with Crippen LogP contribution < -0.4 is 5.69 Å². The van der Waals surface area contributed by atoms with Crippen LogP contribution >= 0.6 is 0 Å². The van der Waals surface area contributed by atoms with E-state index in [2.05, 4.69) is 10.1 Å². The lowest BCUT2D eigenvalue weighted by Gasteiger charge is -2.04. The molecule has 1 N–H and O–H groups in total. The van der Waals surface area contributed by atoms with Crippen molar-refractivity contribution in [2.75, 3.05) is 6.26 Å². The number of rotatable bonds is 2. The predicted octanol–water partition coefficient (Wildman–Crippen LogP) is 1.09. The molecule has 0 bridgehead atoms. The third kappa shape index (κ3) is 2.12. The maximum absolute atomic E-state index is 11.6. The monoisotopic (exact) mass is 289 g/mol. The van der Waals surface area contributed by atoms with Gasteiger partial charge in [-0.15, -0.1) is 0 Å². The number of fused-ring (bicyclic) bond motifs is 1. The smallest absolute Gasteiger partial charge is 0.250 e. The van der Waals surface area contributed by atoms with E-state index in [1.54, 1.807) is 40.9 Å². The molecule has 0 amide bonds. The molecule has 0 aliphatic carbocycles. The zero-order chi connectivity index (χ0) is 14.3. The molecule has 0 saturated carbocycles. The summed E-state index contributed by atoms with van der Waals surface area (Å²) >= 11 is 0. The summed E-state index contributed by atoms with van der Waals surface area (Å²) in [4.78, 5) is 15.2. The van der Waals surface area contributed by atoms with Crippen LogP contribution in [0.1, 0.15) is 0 Å². The van der Waals surface area contributed by atoms with Gasteiger partial charge in [-0.25, -0.2) is 18.3 Å². The molecule has 102 valence electrons. The van der Waals surface area contributed by atoms with Crippen molar-refractivity contribution in [3.63, 3.8) is 0 Å². The first-order valence-electron chi connectivity index (χ1n) is 5.82. The van der Waals surface area contributed by atoms with Crippen LogP contribution in [0, 0.1) is 0 Å². The zero-order valence-corrected chi connectivity index (χ0v) is 11.4. The van der Waals surface area contributed by atoms with Crippen LogP contribution in [0.3, 0.4) is 0 Å². The van der Waals surface area contributed by atoms with Crippen LogP contribution in [0.25, 0.3) is 16.8 Å². The summed E-state index contributed by atoms with van der Waals surface area (Å²) < 4.78 is 24.8. The van der Waals surface area contributed by atoms with Crippen molar-refractivity contribution in [2.45, 2.75) is 4.90 Å². The number of hydrogen-bond acceptors (Lipinski definition) is 4. The highest BCUT2D eigenvalue weighted by atomic mass is 32.2. The second kappa shape index (κ2) is 4.31. The van der Waals surface area contributed by atoms with Gasteiger partial charge in [0.2, 0.25) is 0 Å². The lowest BCUT2D eigenvalue weighted by atomic mass is 10.2. The van der Waals surface area contributed by atoms with Crippen LogP contribution in [0.4, 0.5) is 0 Å². The third-order valence-electron chi connectivity index (χ3n) is 2.99. The first-order valence-corrected chi connectivity index (χ1v) is 7.71. The van der Waals surface area contributed by atoms with E-state index in [1.807, 2.05) is 0 Å². The van der Waals surface area contributed by atoms with Gasteiger partial charge in [-0.1, -0.05) is 12.1 Å². The fourth-order valence-electron chi connectivity index (χ4n) is 2.04. The number of H-pyrrole nitrogens is 1. The fourth-order valence-corrected chi connectivity index (χ4v) is 2.71. The van der Waals surface area contributed by atoms with Gasteiger partial charge in [0.1, 0.15) is 0 Å². The number of aromatic nitrogens is 3. The van der Waals surface area contributed by atoms with E-state index in [0.29, 0.717) is 11.3 Å². The largest absolute Gasteiger partial charge is 0.360 e. The Balaban J connectivity index is 2.26. The Morgan fingerprint density at radius 3 is 2.75 bits per heavy atom. The quantitative estimate of drug-likeness (QED) is 0.765. The van der Waals surface area contributed by atoms with E-state index >= 15 is 0 Å². The molecule has 0 fully saturated rings. The number of aromatic amines is 1. The van der Waals surface area contributed by atoms with Crippen LogP contribution in [0.5, 0.6) is 0 Å². The Kier molecular flexibility index (Phi) is 2.72. The molecule has 0 atom stereocenters. The van der Waals surface area contributed by atoms with E-state index in [9.17, 15) is 13.2 Å². The van der Waals surface area contributed by atoms with Crippen LogP contribution in [0.2, 0.25) is 0 Å². The second-order valence-electron chi connectivity index (χ2n) is 4.45. The van der Waals surface area contributed by atoms with Crippen LogP contribution in [-0.2, 0) is 9.84 Å². The summed E-state index contributed by atoms with van der Waals surface area (Å²) in [6.45, 7) is 0. The molecule has 2 aromatic heterocycles. The average molecular weight is 289 g/mol. The van der Waals surface area contributed by atoms with Gasteiger partial charge in [0.25, 0.3) is 0 Å². The molecule has 1 aromatic carbocycles. The lowest BCUT2D eigenvalue weighted by molar-refractivity contribution is 0.602. The first kappa shape index (κ1) is 12.6. The third-order valence-corrected chi connectivity index (χ3v) is 4.10. The van der Waals surface area contributed by atoms with E-state index < -0.39 is 15.5 Å². The summed E-state index contributed by atoms with van der Waals surface area (Å²) in [5.41, 5.74) is 1.67. The maximum Gasteiger partial charge on any atom is 0.360 e. The van der Waals surface area contributed by atoms with Gasteiger partial charge in [-0.2, -0.15) is 4.98 Å². The van der Waals surface area contributed by atoms with Crippen molar-refractivity contribution in [2.24, 2.45) is 0 Å². The predicted molar refractivity (Wildman–Crippen MR) is 74.4 cm³/mol. The van der Waals surface area contributed by atoms with Gasteiger partial charge in [-0.05, 0) is 24.3 Å². The van der Waals surface area contributed by atoms with Crippen molar-refractivity contribution in [3.05, 3.63) is 53.1 Å². The average Bonchev–Trinajstić information content (AvgIpc) is 2.81. The Hall–Kier alpha value is -2.41. The molecule has 6 nitrogen and oxygen atoms in total. The molecule has 0 saturated heterocycles. The highest BCUT2D eigenvalue weighted by molar-refractivity contribution is 7.90. The lowest BCUT2D eigenvalue weighted by Crippen LogP contribution is -2.14. The highest BCUT2D eigenvalue weighted by Crippen LogP contribution is 2.23. The second-order valence-corrected chi connectivity index (χ2v) is 6.47. The SMILES string of the molecule is CS(=O)(=O)c1cccc(-c2ccc3cnc(=O)[nH]n23)c1. The fraction of sp³-hybridized carbons (Fsp3) is 0.0769. The molecule has 20 heavy (non-hydrogen) atoms. The minimum Gasteiger partial charge on any atom is -0.250 e. The van der Waals surface area contributed by atoms with Crippen LogP contribution in [-0.4, -0.2) is 29.3 Å². The van der Waals surface area contributed by atoms with Crippen molar-refractivity contribution in [1.82, 2.24) is 14.6 Å². The summed E-state index contributed by atoms with van der Waals surface area (Å²) in [7, 11) is -3.27. The molecule has 0 radical (unpaired) electrons. The number of nitrogens with zero attached hydrogens (tertiary/aromatic N) is 2. The van der Waals surface area contributed by atoms with Crippen molar-refractivity contribution < 1.29 is 8.42 Å². The number of benzene rings is 1. The van der Waals surface area contributed by atoms with Gasteiger partial charge in [0.15, 0.2) is 9.84 Å².